The molecule has 0 spiro atoms. The highest BCUT2D eigenvalue weighted by molar-refractivity contribution is 6.27. The Hall–Kier alpha value is -0.750. The number of hydrogen-bond acceptors (Lipinski definition) is 0. The fourth-order valence-corrected chi connectivity index (χ4v) is 1.08. The predicted octanol–water partition coefficient (Wildman–Crippen LogP) is 3.46. The second kappa shape index (κ2) is 4.20. The molecule has 0 radical (unpaired) electrons. The van der Waals surface area contributed by atoms with Crippen LogP contribution in [-0.2, 0) is 6.42 Å². The maximum Gasteiger partial charge on any atom is 0.00484 e. The summed E-state index contributed by atoms with van der Waals surface area (Å²) in [6, 6.07) is 8.37. The van der Waals surface area contributed by atoms with Gasteiger partial charge in [-0.3, -0.25) is 0 Å². The van der Waals surface area contributed by atoms with Crippen molar-refractivity contribution in [2.24, 2.45) is 0 Å². The molecular formula is C10H11Cl. The zero-order valence-electron chi connectivity index (χ0n) is 6.55. The van der Waals surface area contributed by atoms with Gasteiger partial charge >= 0.3 is 0 Å². The van der Waals surface area contributed by atoms with Crippen molar-refractivity contribution in [2.45, 2.75) is 13.3 Å². The summed E-state index contributed by atoms with van der Waals surface area (Å²) in [4.78, 5) is 0. The third-order valence-electron chi connectivity index (χ3n) is 1.64. The van der Waals surface area contributed by atoms with Crippen molar-refractivity contribution in [3.05, 3.63) is 40.9 Å². The molecule has 0 aromatic heterocycles. The lowest BCUT2D eigenvalue weighted by molar-refractivity contribution is 1.14. The van der Waals surface area contributed by atoms with Gasteiger partial charge in [-0.25, -0.2) is 0 Å². The third kappa shape index (κ3) is 2.39. The Morgan fingerprint density at radius 2 is 1.91 bits per heavy atom. The Labute approximate surface area is 72.5 Å². The molecule has 58 valence electrons. The van der Waals surface area contributed by atoms with E-state index >= 15 is 0 Å². The van der Waals surface area contributed by atoms with E-state index in [4.69, 9.17) is 11.6 Å². The van der Waals surface area contributed by atoms with Crippen LogP contribution in [0.5, 0.6) is 0 Å². The van der Waals surface area contributed by atoms with Gasteiger partial charge in [0.15, 0.2) is 0 Å². The minimum Gasteiger partial charge on any atom is -0.0929 e. The van der Waals surface area contributed by atoms with Crippen LogP contribution in [0.15, 0.2) is 29.8 Å². The van der Waals surface area contributed by atoms with Crippen LogP contribution in [-0.4, -0.2) is 0 Å². The highest BCUT2D eigenvalue weighted by Crippen LogP contribution is 2.06. The Bertz CT molecular complexity index is 234. The first-order valence-corrected chi connectivity index (χ1v) is 4.16. The van der Waals surface area contributed by atoms with Crippen molar-refractivity contribution >= 4 is 17.7 Å². The molecular weight excluding hydrogens is 156 g/mol. The van der Waals surface area contributed by atoms with Gasteiger partial charge in [0.25, 0.3) is 0 Å². The Balaban J connectivity index is 2.82. The van der Waals surface area contributed by atoms with Crippen molar-refractivity contribution in [3.63, 3.8) is 0 Å². The standard InChI is InChI=1S/C10H11Cl/c1-2-9-3-5-10(6-4-9)7-8-11/h3-8H,2H2,1H3. The molecule has 0 saturated carbocycles. The average Bonchev–Trinajstić information content (AvgIpc) is 2.07. The summed E-state index contributed by atoms with van der Waals surface area (Å²) in [5.74, 6) is 0. The summed E-state index contributed by atoms with van der Waals surface area (Å²) >= 11 is 5.43. The normalized spacial score (nSPS) is 10.7. The van der Waals surface area contributed by atoms with E-state index in [9.17, 15) is 0 Å². The van der Waals surface area contributed by atoms with E-state index in [1.54, 1.807) is 0 Å². The van der Waals surface area contributed by atoms with Crippen LogP contribution in [0.1, 0.15) is 18.1 Å². The number of hydrogen-bond donors (Lipinski definition) is 0. The van der Waals surface area contributed by atoms with Crippen molar-refractivity contribution < 1.29 is 0 Å². The average molecular weight is 167 g/mol. The molecule has 1 aromatic rings. The minimum absolute atomic E-state index is 1.09. The molecule has 0 nitrogen and oxygen atoms in total. The Morgan fingerprint density at radius 3 is 2.36 bits per heavy atom. The van der Waals surface area contributed by atoms with E-state index in [2.05, 4.69) is 31.2 Å². The zero-order chi connectivity index (χ0) is 8.10. The lowest BCUT2D eigenvalue weighted by Gasteiger charge is -1.95. The molecule has 0 amide bonds. The number of aryl methyl sites for hydroxylation is 1. The van der Waals surface area contributed by atoms with Crippen molar-refractivity contribution in [1.29, 1.82) is 0 Å². The maximum atomic E-state index is 5.43. The number of benzene rings is 1. The lowest BCUT2D eigenvalue weighted by Crippen LogP contribution is -1.78. The van der Waals surface area contributed by atoms with Crippen LogP contribution in [0.4, 0.5) is 0 Å². The molecule has 0 bridgehead atoms. The second-order valence-electron chi connectivity index (χ2n) is 2.39. The molecule has 11 heavy (non-hydrogen) atoms. The first kappa shape index (κ1) is 8.35. The first-order valence-electron chi connectivity index (χ1n) is 3.72. The molecule has 0 N–H and O–H groups in total. The number of rotatable bonds is 2. The third-order valence-corrected chi connectivity index (χ3v) is 1.77. The molecule has 0 aliphatic rings. The quantitative estimate of drug-likeness (QED) is 0.631. The van der Waals surface area contributed by atoms with Gasteiger partial charge in [-0.15, -0.1) is 0 Å². The topological polar surface area (TPSA) is 0 Å². The monoisotopic (exact) mass is 166 g/mol. The second-order valence-corrected chi connectivity index (χ2v) is 2.64. The SMILES string of the molecule is CCc1ccc(C=CCl)cc1. The summed E-state index contributed by atoms with van der Waals surface area (Å²) in [7, 11) is 0. The van der Waals surface area contributed by atoms with Crippen LogP contribution in [0.3, 0.4) is 0 Å². The summed E-state index contributed by atoms with van der Waals surface area (Å²) in [6.07, 6.45) is 2.96. The molecule has 1 heteroatoms. The Morgan fingerprint density at radius 1 is 1.27 bits per heavy atom. The summed E-state index contributed by atoms with van der Waals surface area (Å²) in [6.45, 7) is 2.15. The van der Waals surface area contributed by atoms with E-state index in [-0.39, 0.29) is 0 Å². The van der Waals surface area contributed by atoms with E-state index in [1.807, 2.05) is 6.08 Å². The molecule has 0 unspecified atom stereocenters. The summed E-state index contributed by atoms with van der Waals surface area (Å²) in [5, 5.41) is 0. The van der Waals surface area contributed by atoms with Gasteiger partial charge in [-0.1, -0.05) is 42.8 Å². The molecule has 0 heterocycles. The predicted molar refractivity (Wildman–Crippen MR) is 50.7 cm³/mol. The van der Waals surface area contributed by atoms with Crippen molar-refractivity contribution in [1.82, 2.24) is 0 Å². The summed E-state index contributed by atoms with van der Waals surface area (Å²) < 4.78 is 0. The van der Waals surface area contributed by atoms with Gasteiger partial charge in [0.1, 0.15) is 0 Å². The van der Waals surface area contributed by atoms with E-state index in [0.717, 1.165) is 12.0 Å². The Kier molecular flexibility index (Phi) is 3.18. The van der Waals surface area contributed by atoms with Crippen LogP contribution in [0.25, 0.3) is 6.08 Å². The van der Waals surface area contributed by atoms with Gasteiger partial charge in [-0.05, 0) is 23.6 Å². The van der Waals surface area contributed by atoms with Gasteiger partial charge in [0.05, 0.1) is 0 Å². The molecule has 0 aliphatic heterocycles. The van der Waals surface area contributed by atoms with E-state index in [1.165, 1.54) is 11.1 Å². The van der Waals surface area contributed by atoms with Gasteiger partial charge in [0.2, 0.25) is 0 Å². The maximum absolute atomic E-state index is 5.43. The molecule has 1 aromatic carbocycles. The van der Waals surface area contributed by atoms with E-state index in [0.29, 0.717) is 0 Å². The highest BCUT2D eigenvalue weighted by atomic mass is 35.5. The number of halogens is 1. The lowest BCUT2D eigenvalue weighted by atomic mass is 10.1. The first-order chi connectivity index (χ1) is 5.36. The fraction of sp³-hybridized carbons (Fsp3) is 0.200. The van der Waals surface area contributed by atoms with Gasteiger partial charge in [0, 0.05) is 5.54 Å². The zero-order valence-corrected chi connectivity index (χ0v) is 7.31. The highest BCUT2D eigenvalue weighted by Gasteiger charge is 1.87. The van der Waals surface area contributed by atoms with Crippen molar-refractivity contribution in [2.75, 3.05) is 0 Å². The molecule has 1 rings (SSSR count). The molecule has 0 fully saturated rings. The largest absolute Gasteiger partial charge is 0.0929 e. The molecule has 0 saturated heterocycles. The minimum atomic E-state index is 1.09. The van der Waals surface area contributed by atoms with Crippen LogP contribution >= 0.6 is 11.6 Å². The smallest absolute Gasteiger partial charge is 0.00484 e. The van der Waals surface area contributed by atoms with Crippen LogP contribution in [0.2, 0.25) is 0 Å². The molecule has 0 aliphatic carbocycles. The van der Waals surface area contributed by atoms with Gasteiger partial charge in [-0.2, -0.15) is 0 Å². The summed E-state index contributed by atoms with van der Waals surface area (Å²) in [5.41, 5.74) is 4.04. The van der Waals surface area contributed by atoms with Crippen LogP contribution in [0, 0.1) is 0 Å². The molecule has 0 atom stereocenters. The fourth-order valence-electron chi connectivity index (χ4n) is 0.937. The van der Waals surface area contributed by atoms with Crippen LogP contribution < -0.4 is 0 Å². The van der Waals surface area contributed by atoms with Gasteiger partial charge < -0.3 is 0 Å². The van der Waals surface area contributed by atoms with E-state index < -0.39 is 0 Å². The van der Waals surface area contributed by atoms with Crippen molar-refractivity contribution in [3.8, 4) is 0 Å².